The van der Waals surface area contributed by atoms with Crippen molar-refractivity contribution in [2.45, 2.75) is 78.6 Å². The van der Waals surface area contributed by atoms with Gasteiger partial charge in [-0.3, -0.25) is 18.6 Å². The molecule has 0 bridgehead atoms. The maximum absolute atomic E-state index is 13.5. The largest absolute Gasteiger partial charge is 0.530 e. The first-order valence-electron chi connectivity index (χ1n) is 13.7. The van der Waals surface area contributed by atoms with Crippen LogP contribution in [0.15, 0.2) is 29.1 Å². The summed E-state index contributed by atoms with van der Waals surface area (Å²) in [4.78, 5) is 30.4. The Morgan fingerprint density at radius 2 is 1.80 bits per heavy atom. The Bertz CT molecular complexity index is 1560. The number of phosphoric ester groups is 1. The minimum absolute atomic E-state index is 0.185. The molecule has 10 nitrogen and oxygen atoms in total. The van der Waals surface area contributed by atoms with Gasteiger partial charge in [-0.15, -0.1) is 0 Å². The van der Waals surface area contributed by atoms with Crippen LogP contribution in [-0.4, -0.2) is 33.8 Å². The molecule has 1 unspecified atom stereocenters. The lowest BCUT2D eigenvalue weighted by atomic mass is 9.89. The van der Waals surface area contributed by atoms with Crippen molar-refractivity contribution in [2.75, 3.05) is 13.2 Å². The SMILES string of the molecule is CCCCOP(=O)(OCCCC)Oc1ccc2nc3c(c(C)c2c1)Cn1c-3cc2c(c1=O)COC(=O)CC2(C)O. The molecule has 11 heteroatoms. The number of carbonyl (C=O) groups excluding carboxylic acids is 1. The Balaban J connectivity index is 1.52. The molecule has 214 valence electrons. The van der Waals surface area contributed by atoms with E-state index in [4.69, 9.17) is 23.3 Å². The van der Waals surface area contributed by atoms with Gasteiger partial charge in [-0.05, 0) is 62.1 Å². The Morgan fingerprint density at radius 1 is 1.10 bits per heavy atom. The van der Waals surface area contributed by atoms with E-state index in [0.29, 0.717) is 28.2 Å². The number of cyclic esters (lactones) is 1. The van der Waals surface area contributed by atoms with Crippen molar-refractivity contribution in [3.8, 4) is 17.1 Å². The fourth-order valence-electron chi connectivity index (χ4n) is 5.16. The van der Waals surface area contributed by atoms with Crippen molar-refractivity contribution in [3.05, 3.63) is 56.9 Å². The summed E-state index contributed by atoms with van der Waals surface area (Å²) in [6.07, 6.45) is 3.00. The zero-order valence-corrected chi connectivity index (χ0v) is 24.2. The monoisotopic (exact) mass is 570 g/mol. The van der Waals surface area contributed by atoms with Gasteiger partial charge < -0.3 is 18.9 Å². The number of phosphoric acid groups is 1. The lowest BCUT2D eigenvalue weighted by Gasteiger charge is -2.22. The highest BCUT2D eigenvalue weighted by Gasteiger charge is 2.37. The van der Waals surface area contributed by atoms with Crippen molar-refractivity contribution in [1.29, 1.82) is 0 Å². The molecule has 0 spiro atoms. The first-order chi connectivity index (χ1) is 19.1. The van der Waals surface area contributed by atoms with E-state index in [9.17, 15) is 19.3 Å². The molecular weight excluding hydrogens is 535 g/mol. The number of benzene rings is 1. The van der Waals surface area contributed by atoms with Crippen LogP contribution >= 0.6 is 7.82 Å². The van der Waals surface area contributed by atoms with Gasteiger partial charge >= 0.3 is 13.8 Å². The van der Waals surface area contributed by atoms with E-state index in [-0.39, 0.29) is 43.9 Å². The van der Waals surface area contributed by atoms with E-state index in [1.807, 2.05) is 20.8 Å². The van der Waals surface area contributed by atoms with E-state index in [1.54, 1.807) is 28.8 Å². The minimum Gasteiger partial charge on any atom is -0.460 e. The molecule has 3 aromatic rings. The highest BCUT2D eigenvalue weighted by molar-refractivity contribution is 7.48. The molecule has 0 saturated carbocycles. The molecule has 0 amide bonds. The number of hydrogen-bond donors (Lipinski definition) is 1. The summed E-state index contributed by atoms with van der Waals surface area (Å²) in [5, 5.41) is 11.8. The Kier molecular flexibility index (Phi) is 7.90. The molecule has 0 radical (unpaired) electrons. The van der Waals surface area contributed by atoms with Crippen LogP contribution in [0, 0.1) is 6.92 Å². The lowest BCUT2D eigenvalue weighted by Crippen LogP contribution is -2.30. The zero-order chi connectivity index (χ0) is 28.7. The third-order valence-electron chi connectivity index (χ3n) is 7.46. The molecular formula is C29H35N2O8P. The smallest absolute Gasteiger partial charge is 0.460 e. The second-order valence-corrected chi connectivity index (χ2v) is 12.2. The fourth-order valence-corrected chi connectivity index (χ4v) is 6.42. The molecule has 40 heavy (non-hydrogen) atoms. The number of nitrogens with zero attached hydrogens (tertiary/aromatic N) is 2. The second-order valence-electron chi connectivity index (χ2n) is 10.6. The quantitative estimate of drug-likeness (QED) is 0.149. The highest BCUT2D eigenvalue weighted by atomic mass is 31.2. The summed E-state index contributed by atoms with van der Waals surface area (Å²) < 4.78 is 37.2. The Hall–Kier alpha value is -3.04. The molecule has 0 aliphatic carbocycles. The summed E-state index contributed by atoms with van der Waals surface area (Å²) in [5.74, 6) is -0.217. The number of rotatable bonds is 10. The van der Waals surface area contributed by atoms with Crippen LogP contribution in [0.4, 0.5) is 0 Å². The third-order valence-corrected chi connectivity index (χ3v) is 8.89. The number of hydrogen-bond acceptors (Lipinski definition) is 9. The number of aliphatic hydroxyl groups is 1. The van der Waals surface area contributed by atoms with E-state index in [2.05, 4.69) is 0 Å². The van der Waals surface area contributed by atoms with E-state index in [0.717, 1.165) is 42.2 Å². The summed E-state index contributed by atoms with van der Waals surface area (Å²) in [6, 6.07) is 6.96. The number of pyridine rings is 2. The molecule has 2 aromatic heterocycles. The van der Waals surface area contributed by atoms with Crippen LogP contribution in [0.25, 0.3) is 22.3 Å². The van der Waals surface area contributed by atoms with Crippen molar-refractivity contribution in [1.82, 2.24) is 9.55 Å². The van der Waals surface area contributed by atoms with Gasteiger partial charge in [0.1, 0.15) is 12.4 Å². The van der Waals surface area contributed by atoms with Crippen LogP contribution in [0.2, 0.25) is 0 Å². The van der Waals surface area contributed by atoms with Crippen LogP contribution in [0.1, 0.15) is 75.1 Å². The van der Waals surface area contributed by atoms with Gasteiger partial charge in [0, 0.05) is 10.9 Å². The first-order valence-corrected chi connectivity index (χ1v) is 15.2. The summed E-state index contributed by atoms with van der Waals surface area (Å²) in [5.41, 5.74) is 2.45. The van der Waals surface area contributed by atoms with Crippen LogP contribution in [-0.2, 0) is 41.9 Å². The van der Waals surface area contributed by atoms with Gasteiger partial charge in [-0.25, -0.2) is 9.55 Å². The van der Waals surface area contributed by atoms with Crippen molar-refractivity contribution < 1.29 is 32.8 Å². The molecule has 1 aromatic carbocycles. The maximum Gasteiger partial charge on any atom is 0.530 e. The molecule has 1 atom stereocenters. The minimum atomic E-state index is -3.82. The summed E-state index contributed by atoms with van der Waals surface area (Å²) in [7, 11) is -3.82. The molecule has 0 saturated heterocycles. The molecule has 5 rings (SSSR count). The Labute approximate surface area is 232 Å². The van der Waals surface area contributed by atoms with E-state index >= 15 is 0 Å². The van der Waals surface area contributed by atoms with Gasteiger partial charge in [-0.1, -0.05) is 26.7 Å². The zero-order valence-electron chi connectivity index (χ0n) is 23.3. The average molecular weight is 571 g/mol. The lowest BCUT2D eigenvalue weighted by molar-refractivity contribution is -0.148. The van der Waals surface area contributed by atoms with Gasteiger partial charge in [0.25, 0.3) is 5.56 Å². The normalized spacial score (nSPS) is 18.2. The highest BCUT2D eigenvalue weighted by Crippen LogP contribution is 2.50. The van der Waals surface area contributed by atoms with Crippen LogP contribution < -0.4 is 10.1 Å². The van der Waals surface area contributed by atoms with Gasteiger partial charge in [0.2, 0.25) is 0 Å². The molecule has 2 aliphatic heterocycles. The van der Waals surface area contributed by atoms with Gasteiger partial charge in [-0.2, -0.15) is 0 Å². The maximum atomic E-state index is 13.5. The number of fused-ring (bicyclic) bond motifs is 5. The number of ether oxygens (including phenoxy) is 1. The number of aromatic nitrogens is 2. The summed E-state index contributed by atoms with van der Waals surface area (Å²) >= 11 is 0. The molecule has 0 fully saturated rings. The fraction of sp³-hybridized carbons (Fsp3) is 0.483. The average Bonchev–Trinajstić information content (AvgIpc) is 3.22. The van der Waals surface area contributed by atoms with Gasteiger partial charge in [0.05, 0.1) is 54.2 Å². The number of carbonyl (C=O) groups is 1. The number of aryl methyl sites for hydroxylation is 1. The predicted octanol–water partition coefficient (Wildman–Crippen LogP) is 5.51. The van der Waals surface area contributed by atoms with Crippen molar-refractivity contribution in [2.24, 2.45) is 0 Å². The second kappa shape index (κ2) is 11.1. The van der Waals surface area contributed by atoms with E-state index < -0.39 is 19.4 Å². The van der Waals surface area contributed by atoms with Gasteiger partial charge in [0.15, 0.2) is 0 Å². The molecule has 4 heterocycles. The van der Waals surface area contributed by atoms with E-state index in [1.165, 1.54) is 6.92 Å². The first kappa shape index (κ1) is 28.5. The van der Waals surface area contributed by atoms with Crippen molar-refractivity contribution >= 4 is 24.7 Å². The topological polar surface area (TPSA) is 126 Å². The number of unbranched alkanes of at least 4 members (excludes halogenated alkanes) is 2. The third kappa shape index (κ3) is 5.33. The molecule has 2 aliphatic rings. The van der Waals surface area contributed by atoms with Crippen LogP contribution in [0.5, 0.6) is 5.75 Å². The standard InChI is InChI=1S/C29H35N2O8P/c1-5-7-11-37-40(35,38-12-8-6-2)39-19-9-10-24-20(13-19)18(3)21-16-31-25(27(21)30-24)14-23-22(28(31)33)17-36-26(32)15-29(23,4)34/h9-10,13-14,34H,5-8,11-12,15-17H2,1-4H3. The molecule has 1 N–H and O–H groups in total. The summed E-state index contributed by atoms with van der Waals surface area (Å²) in [6.45, 7) is 8.13. The number of esters is 1. The van der Waals surface area contributed by atoms with Crippen LogP contribution in [0.3, 0.4) is 0 Å². The predicted molar refractivity (Wildman–Crippen MR) is 149 cm³/mol. The Morgan fingerprint density at radius 3 is 2.48 bits per heavy atom. The van der Waals surface area contributed by atoms with Crippen molar-refractivity contribution in [3.63, 3.8) is 0 Å².